The van der Waals surface area contributed by atoms with Crippen molar-refractivity contribution < 1.29 is 19.2 Å². The fourth-order valence-corrected chi connectivity index (χ4v) is 2.76. The minimum absolute atomic E-state index is 0.0115. The van der Waals surface area contributed by atoms with Crippen molar-refractivity contribution in [2.45, 2.75) is 32.6 Å². The molecule has 1 heterocycles. The van der Waals surface area contributed by atoms with Crippen molar-refractivity contribution in [1.29, 1.82) is 0 Å². The van der Waals surface area contributed by atoms with Crippen LogP contribution in [-0.2, 0) is 11.2 Å². The van der Waals surface area contributed by atoms with E-state index in [4.69, 9.17) is 4.42 Å². The first kappa shape index (κ1) is 20.1. The van der Waals surface area contributed by atoms with Gasteiger partial charge < -0.3 is 14.8 Å². The monoisotopic (exact) mass is 395 g/mol. The fraction of sp³-hybridized carbons (Fsp3) is 0.238. The van der Waals surface area contributed by atoms with Gasteiger partial charge in [0.2, 0.25) is 5.91 Å². The summed E-state index contributed by atoms with van der Waals surface area (Å²) in [7, 11) is 0. The molecule has 150 valence electrons. The number of nitro benzene ring substituents is 1. The minimum atomic E-state index is -0.600. The van der Waals surface area contributed by atoms with Crippen LogP contribution in [0.15, 0.2) is 53.1 Å². The Morgan fingerprint density at radius 3 is 2.62 bits per heavy atom. The zero-order valence-electron chi connectivity index (χ0n) is 16.1. The van der Waals surface area contributed by atoms with Crippen LogP contribution in [0.1, 0.15) is 37.6 Å². The Hall–Kier alpha value is -3.68. The van der Waals surface area contributed by atoms with Gasteiger partial charge in [-0.25, -0.2) is 4.98 Å². The van der Waals surface area contributed by atoms with Gasteiger partial charge in [-0.05, 0) is 17.5 Å². The molecule has 0 bridgehead atoms. The standard InChI is InChI=1S/C21H21N3O5/c1-13(2)14-3-5-15(6-4-14)19-12-22-21(29-19)10-9-20(26)23-17-11-16(24(27)28)7-8-18(17)25/h3-8,11-13,25H,9-10H2,1-2H3,(H,23,26). The van der Waals surface area contributed by atoms with Gasteiger partial charge in [0.15, 0.2) is 11.7 Å². The molecule has 0 atom stereocenters. The normalized spacial score (nSPS) is 10.9. The predicted octanol–water partition coefficient (Wildman–Crippen LogP) is 4.65. The first-order valence-corrected chi connectivity index (χ1v) is 9.16. The van der Waals surface area contributed by atoms with Gasteiger partial charge in [-0.2, -0.15) is 0 Å². The van der Waals surface area contributed by atoms with E-state index >= 15 is 0 Å². The lowest BCUT2D eigenvalue weighted by molar-refractivity contribution is -0.384. The van der Waals surface area contributed by atoms with E-state index < -0.39 is 10.8 Å². The summed E-state index contributed by atoms with van der Waals surface area (Å²) >= 11 is 0. The second-order valence-electron chi connectivity index (χ2n) is 6.90. The number of phenols is 1. The largest absolute Gasteiger partial charge is 0.506 e. The number of carbonyl (C=O) groups excluding carboxylic acids is 1. The maximum atomic E-state index is 12.1. The summed E-state index contributed by atoms with van der Waals surface area (Å²) in [6.45, 7) is 4.25. The summed E-state index contributed by atoms with van der Waals surface area (Å²) < 4.78 is 5.72. The Morgan fingerprint density at radius 2 is 1.97 bits per heavy atom. The maximum absolute atomic E-state index is 12.1. The van der Waals surface area contributed by atoms with Crippen molar-refractivity contribution in [3.63, 3.8) is 0 Å². The van der Waals surface area contributed by atoms with Crippen LogP contribution in [0, 0.1) is 10.1 Å². The van der Waals surface area contributed by atoms with Crippen molar-refractivity contribution in [1.82, 2.24) is 4.98 Å². The van der Waals surface area contributed by atoms with Crippen molar-refractivity contribution in [3.05, 3.63) is 70.2 Å². The van der Waals surface area contributed by atoms with Crippen LogP contribution in [0.2, 0.25) is 0 Å². The highest BCUT2D eigenvalue weighted by Gasteiger charge is 2.14. The van der Waals surface area contributed by atoms with E-state index in [2.05, 4.69) is 24.1 Å². The number of rotatable bonds is 7. The summed E-state index contributed by atoms with van der Waals surface area (Å²) in [6.07, 6.45) is 1.92. The van der Waals surface area contributed by atoms with Crippen LogP contribution in [0.5, 0.6) is 5.75 Å². The number of amides is 1. The van der Waals surface area contributed by atoms with Crippen LogP contribution in [0.4, 0.5) is 11.4 Å². The van der Waals surface area contributed by atoms with Gasteiger partial charge in [0.25, 0.3) is 5.69 Å². The second-order valence-corrected chi connectivity index (χ2v) is 6.90. The molecule has 3 rings (SSSR count). The lowest BCUT2D eigenvalue weighted by Gasteiger charge is -2.06. The van der Waals surface area contributed by atoms with Gasteiger partial charge in [0, 0.05) is 30.5 Å². The van der Waals surface area contributed by atoms with E-state index in [0.717, 1.165) is 17.7 Å². The minimum Gasteiger partial charge on any atom is -0.506 e. The number of aromatic nitrogens is 1. The maximum Gasteiger partial charge on any atom is 0.271 e. The summed E-state index contributed by atoms with van der Waals surface area (Å²) in [5.74, 6) is 0.811. The summed E-state index contributed by atoms with van der Waals surface area (Å²) in [5.41, 5.74) is 1.90. The Balaban J connectivity index is 1.60. The third-order valence-corrected chi connectivity index (χ3v) is 4.45. The number of hydrogen-bond donors (Lipinski definition) is 2. The third kappa shape index (κ3) is 4.98. The Morgan fingerprint density at radius 1 is 1.24 bits per heavy atom. The number of phenolic OH excluding ortho intramolecular Hbond substituents is 1. The Kier molecular flexibility index (Phi) is 5.92. The average Bonchev–Trinajstić information content (AvgIpc) is 3.17. The van der Waals surface area contributed by atoms with Crippen LogP contribution < -0.4 is 5.32 Å². The number of nitrogens with one attached hydrogen (secondary N) is 1. The fourth-order valence-electron chi connectivity index (χ4n) is 2.76. The van der Waals surface area contributed by atoms with E-state index in [1.165, 1.54) is 11.6 Å². The molecule has 8 nitrogen and oxygen atoms in total. The summed E-state index contributed by atoms with van der Waals surface area (Å²) in [4.78, 5) is 26.6. The van der Waals surface area contributed by atoms with Crippen LogP contribution >= 0.6 is 0 Å². The number of non-ortho nitro benzene ring substituents is 1. The zero-order valence-corrected chi connectivity index (χ0v) is 16.1. The van der Waals surface area contributed by atoms with Crippen LogP contribution in [0.25, 0.3) is 11.3 Å². The first-order chi connectivity index (χ1) is 13.8. The number of benzene rings is 2. The van der Waals surface area contributed by atoms with E-state index in [-0.39, 0.29) is 30.0 Å². The lowest BCUT2D eigenvalue weighted by atomic mass is 10.0. The Bertz CT molecular complexity index is 1030. The third-order valence-electron chi connectivity index (χ3n) is 4.45. The van der Waals surface area contributed by atoms with Gasteiger partial charge in [-0.3, -0.25) is 14.9 Å². The lowest BCUT2D eigenvalue weighted by Crippen LogP contribution is -2.12. The molecule has 3 aromatic rings. The number of anilines is 1. The van der Waals surface area contributed by atoms with Gasteiger partial charge in [0.1, 0.15) is 5.75 Å². The molecule has 2 N–H and O–H groups in total. The molecular formula is C21H21N3O5. The molecule has 0 aliphatic carbocycles. The smallest absolute Gasteiger partial charge is 0.271 e. The molecule has 1 aromatic heterocycles. The van der Waals surface area contributed by atoms with E-state index in [0.29, 0.717) is 17.6 Å². The molecule has 0 saturated heterocycles. The predicted molar refractivity (Wildman–Crippen MR) is 108 cm³/mol. The number of nitrogens with zero attached hydrogens (tertiary/aromatic N) is 2. The molecule has 0 saturated carbocycles. The molecule has 2 aromatic carbocycles. The highest BCUT2D eigenvalue weighted by atomic mass is 16.6. The van der Waals surface area contributed by atoms with Crippen LogP contribution in [-0.4, -0.2) is 20.9 Å². The molecule has 8 heteroatoms. The first-order valence-electron chi connectivity index (χ1n) is 9.16. The Labute approximate surface area is 167 Å². The number of hydrogen-bond acceptors (Lipinski definition) is 6. The molecule has 0 unspecified atom stereocenters. The second kappa shape index (κ2) is 8.55. The topological polar surface area (TPSA) is 118 Å². The highest BCUT2D eigenvalue weighted by Crippen LogP contribution is 2.28. The summed E-state index contributed by atoms with van der Waals surface area (Å²) in [6, 6.07) is 11.5. The highest BCUT2D eigenvalue weighted by molar-refractivity contribution is 5.92. The van der Waals surface area contributed by atoms with Gasteiger partial charge in [-0.1, -0.05) is 38.1 Å². The average molecular weight is 395 g/mol. The molecular weight excluding hydrogens is 374 g/mol. The van der Waals surface area contributed by atoms with E-state index in [1.54, 1.807) is 6.20 Å². The molecule has 0 spiro atoms. The quantitative estimate of drug-likeness (QED) is 0.341. The number of aryl methyl sites for hydroxylation is 1. The molecule has 0 aliphatic rings. The molecule has 1 amide bonds. The molecule has 0 aliphatic heterocycles. The van der Waals surface area contributed by atoms with Gasteiger partial charge >= 0.3 is 0 Å². The van der Waals surface area contributed by atoms with Crippen molar-refractivity contribution in [2.75, 3.05) is 5.32 Å². The number of nitro groups is 1. The van der Waals surface area contributed by atoms with Gasteiger partial charge in [0.05, 0.1) is 16.8 Å². The van der Waals surface area contributed by atoms with Crippen molar-refractivity contribution >= 4 is 17.3 Å². The summed E-state index contributed by atoms with van der Waals surface area (Å²) in [5, 5.41) is 23.1. The number of aromatic hydroxyl groups is 1. The molecule has 0 radical (unpaired) electrons. The SMILES string of the molecule is CC(C)c1ccc(-c2cnc(CCC(=O)Nc3cc([N+](=O)[O-])ccc3O)o2)cc1. The zero-order chi connectivity index (χ0) is 21.0. The van der Waals surface area contributed by atoms with Crippen molar-refractivity contribution in [2.24, 2.45) is 0 Å². The van der Waals surface area contributed by atoms with E-state index in [9.17, 15) is 20.0 Å². The molecule has 29 heavy (non-hydrogen) atoms. The van der Waals surface area contributed by atoms with Crippen molar-refractivity contribution in [3.8, 4) is 17.1 Å². The van der Waals surface area contributed by atoms with E-state index in [1.807, 2.05) is 24.3 Å². The molecule has 0 fully saturated rings. The number of carbonyl (C=O) groups is 1. The number of oxazole rings is 1. The van der Waals surface area contributed by atoms with Gasteiger partial charge in [-0.15, -0.1) is 0 Å². The van der Waals surface area contributed by atoms with Crippen LogP contribution in [0.3, 0.4) is 0 Å².